The summed E-state index contributed by atoms with van der Waals surface area (Å²) in [5, 5.41) is 12.0. The summed E-state index contributed by atoms with van der Waals surface area (Å²) in [5.41, 5.74) is 1.10. The van der Waals surface area contributed by atoms with Gasteiger partial charge in [0, 0.05) is 5.92 Å². The molecule has 0 aromatic heterocycles. The number of nitrogens with one attached hydrogen (secondary N) is 1. The van der Waals surface area contributed by atoms with E-state index in [9.17, 15) is 14.7 Å². The van der Waals surface area contributed by atoms with Crippen LogP contribution in [0, 0.1) is 17.8 Å². The molecule has 1 amide bonds. The van der Waals surface area contributed by atoms with Gasteiger partial charge in [-0.2, -0.15) is 0 Å². The Hall–Kier alpha value is -1.84. The fourth-order valence-electron chi connectivity index (χ4n) is 3.69. The molecule has 0 spiro atoms. The predicted molar refractivity (Wildman–Crippen MR) is 78.7 cm³/mol. The summed E-state index contributed by atoms with van der Waals surface area (Å²) in [6.07, 6.45) is 4.58. The number of carboxylic acids is 1. The summed E-state index contributed by atoms with van der Waals surface area (Å²) in [6, 6.07) is 8.99. The molecule has 0 aliphatic heterocycles. The molecule has 2 saturated carbocycles. The number of aliphatic carboxylic acids is 1. The van der Waals surface area contributed by atoms with Crippen LogP contribution in [0.15, 0.2) is 30.3 Å². The molecule has 0 radical (unpaired) electrons. The zero-order chi connectivity index (χ0) is 14.8. The highest BCUT2D eigenvalue weighted by molar-refractivity contribution is 5.87. The summed E-state index contributed by atoms with van der Waals surface area (Å²) < 4.78 is 0. The number of carbonyl (C=O) groups excluding carboxylic acids is 1. The number of carbonyl (C=O) groups is 2. The predicted octanol–water partition coefficient (Wildman–Crippen LogP) is 2.23. The lowest BCUT2D eigenvalue weighted by Gasteiger charge is -2.15. The molecule has 1 aromatic rings. The first-order valence-corrected chi connectivity index (χ1v) is 7.74. The maximum atomic E-state index is 12.2. The van der Waals surface area contributed by atoms with Crippen molar-refractivity contribution in [1.29, 1.82) is 0 Å². The standard InChI is InChI=1S/C17H21NO3/c19-16(15-12-7-4-8-13(12)15)18-14(17(20)21)10-9-11-5-2-1-3-6-11/h1-3,5-6,12-15H,4,7-10H2,(H,18,19)(H,20,21)/t12?,13?,14-,15?/m0/s1. The molecule has 1 aromatic carbocycles. The lowest BCUT2D eigenvalue weighted by Crippen LogP contribution is -2.42. The normalized spacial score (nSPS) is 27.7. The zero-order valence-electron chi connectivity index (χ0n) is 12.0. The van der Waals surface area contributed by atoms with Gasteiger partial charge in [0.25, 0.3) is 0 Å². The molecule has 4 heteroatoms. The monoisotopic (exact) mass is 287 g/mol. The van der Waals surface area contributed by atoms with Gasteiger partial charge in [-0.1, -0.05) is 36.8 Å². The molecule has 0 saturated heterocycles. The largest absolute Gasteiger partial charge is 0.480 e. The van der Waals surface area contributed by atoms with Crippen molar-refractivity contribution in [2.75, 3.05) is 0 Å². The number of benzene rings is 1. The number of amides is 1. The van der Waals surface area contributed by atoms with Crippen molar-refractivity contribution in [3.63, 3.8) is 0 Å². The number of hydrogen-bond donors (Lipinski definition) is 2. The van der Waals surface area contributed by atoms with Crippen LogP contribution in [0.25, 0.3) is 0 Å². The highest BCUT2D eigenvalue weighted by Gasteiger charge is 2.56. The highest BCUT2D eigenvalue weighted by Crippen LogP contribution is 2.57. The van der Waals surface area contributed by atoms with Gasteiger partial charge in [0.2, 0.25) is 5.91 Å². The van der Waals surface area contributed by atoms with Crippen LogP contribution in [0.2, 0.25) is 0 Å². The van der Waals surface area contributed by atoms with Crippen LogP contribution in [0.3, 0.4) is 0 Å². The molecule has 2 aliphatic carbocycles. The Labute approximate surface area is 124 Å². The topological polar surface area (TPSA) is 66.4 Å². The van der Waals surface area contributed by atoms with Crippen molar-refractivity contribution in [3.05, 3.63) is 35.9 Å². The van der Waals surface area contributed by atoms with Crippen molar-refractivity contribution in [1.82, 2.24) is 5.32 Å². The van der Waals surface area contributed by atoms with Gasteiger partial charge in [-0.15, -0.1) is 0 Å². The first kappa shape index (κ1) is 14.1. The quantitative estimate of drug-likeness (QED) is 0.843. The second-order valence-corrected chi connectivity index (χ2v) is 6.21. The van der Waals surface area contributed by atoms with E-state index in [1.165, 1.54) is 6.42 Å². The van der Waals surface area contributed by atoms with Crippen molar-refractivity contribution in [2.24, 2.45) is 17.8 Å². The van der Waals surface area contributed by atoms with Gasteiger partial charge in [-0.05, 0) is 43.1 Å². The van der Waals surface area contributed by atoms with Gasteiger partial charge in [-0.3, -0.25) is 4.79 Å². The third-order valence-corrected chi connectivity index (χ3v) is 4.89. The van der Waals surface area contributed by atoms with Gasteiger partial charge < -0.3 is 10.4 Å². The first-order chi connectivity index (χ1) is 10.2. The first-order valence-electron chi connectivity index (χ1n) is 7.74. The van der Waals surface area contributed by atoms with Crippen LogP contribution in [-0.2, 0) is 16.0 Å². The molecule has 2 aliphatic rings. The Balaban J connectivity index is 1.52. The van der Waals surface area contributed by atoms with Crippen LogP contribution >= 0.6 is 0 Å². The minimum absolute atomic E-state index is 0.0508. The van der Waals surface area contributed by atoms with E-state index in [1.54, 1.807) is 0 Å². The number of aryl methyl sites for hydroxylation is 1. The second-order valence-electron chi connectivity index (χ2n) is 6.21. The molecule has 2 fully saturated rings. The van der Waals surface area contributed by atoms with Gasteiger partial charge in [0.1, 0.15) is 6.04 Å². The molecule has 0 bridgehead atoms. The highest BCUT2D eigenvalue weighted by atomic mass is 16.4. The van der Waals surface area contributed by atoms with Crippen LogP contribution in [0.1, 0.15) is 31.2 Å². The third-order valence-electron chi connectivity index (χ3n) is 4.89. The summed E-state index contributed by atoms with van der Waals surface area (Å²) in [6.45, 7) is 0. The maximum Gasteiger partial charge on any atom is 0.326 e. The van der Waals surface area contributed by atoms with Crippen molar-refractivity contribution < 1.29 is 14.7 Å². The lowest BCUT2D eigenvalue weighted by molar-refractivity contribution is -0.142. The Morgan fingerprint density at radius 3 is 2.48 bits per heavy atom. The second kappa shape index (κ2) is 5.88. The number of rotatable bonds is 6. The Morgan fingerprint density at radius 2 is 1.86 bits per heavy atom. The summed E-state index contributed by atoms with van der Waals surface area (Å²) >= 11 is 0. The molecule has 3 atom stereocenters. The average Bonchev–Trinajstić information content (AvgIpc) is 2.97. The molecule has 4 nitrogen and oxygen atoms in total. The molecule has 21 heavy (non-hydrogen) atoms. The third kappa shape index (κ3) is 3.09. The Morgan fingerprint density at radius 1 is 1.19 bits per heavy atom. The van der Waals surface area contributed by atoms with Crippen molar-refractivity contribution in [2.45, 2.75) is 38.1 Å². The average molecular weight is 287 g/mol. The summed E-state index contributed by atoms with van der Waals surface area (Å²) in [7, 11) is 0. The number of fused-ring (bicyclic) bond motifs is 1. The minimum Gasteiger partial charge on any atom is -0.480 e. The summed E-state index contributed by atoms with van der Waals surface area (Å²) in [4.78, 5) is 23.5. The molecule has 2 unspecified atom stereocenters. The van der Waals surface area contributed by atoms with Gasteiger partial charge >= 0.3 is 5.97 Å². The van der Waals surface area contributed by atoms with Crippen LogP contribution in [0.4, 0.5) is 0 Å². The van der Waals surface area contributed by atoms with E-state index in [4.69, 9.17) is 0 Å². The minimum atomic E-state index is -0.940. The van der Waals surface area contributed by atoms with Crippen LogP contribution in [-0.4, -0.2) is 23.0 Å². The molecule has 112 valence electrons. The van der Waals surface area contributed by atoms with E-state index >= 15 is 0 Å². The molecule has 2 N–H and O–H groups in total. The fraction of sp³-hybridized carbons (Fsp3) is 0.529. The van der Waals surface area contributed by atoms with E-state index in [1.807, 2.05) is 30.3 Å². The fourth-order valence-corrected chi connectivity index (χ4v) is 3.69. The van der Waals surface area contributed by atoms with E-state index in [2.05, 4.69) is 5.32 Å². The van der Waals surface area contributed by atoms with Crippen LogP contribution in [0.5, 0.6) is 0 Å². The number of carboxylic acid groups (broad SMARTS) is 1. The lowest BCUT2D eigenvalue weighted by atomic mass is 10.0. The Bertz CT molecular complexity index is 518. The molecular formula is C17H21NO3. The number of hydrogen-bond acceptors (Lipinski definition) is 2. The zero-order valence-corrected chi connectivity index (χ0v) is 12.0. The van der Waals surface area contributed by atoms with Gasteiger partial charge in [0.05, 0.1) is 0 Å². The van der Waals surface area contributed by atoms with Gasteiger partial charge in [-0.25, -0.2) is 4.79 Å². The molecular weight excluding hydrogens is 266 g/mol. The van der Waals surface area contributed by atoms with Crippen molar-refractivity contribution >= 4 is 11.9 Å². The van der Waals surface area contributed by atoms with Gasteiger partial charge in [0.15, 0.2) is 0 Å². The van der Waals surface area contributed by atoms with Crippen LogP contribution < -0.4 is 5.32 Å². The van der Waals surface area contributed by atoms with E-state index in [0.29, 0.717) is 24.7 Å². The molecule has 3 rings (SSSR count). The van der Waals surface area contributed by atoms with E-state index in [0.717, 1.165) is 18.4 Å². The SMILES string of the molecule is O=C(N[C@@H](CCc1ccccc1)C(=O)O)C1C2CCCC21. The van der Waals surface area contributed by atoms with Crippen molar-refractivity contribution in [3.8, 4) is 0 Å². The van der Waals surface area contributed by atoms with E-state index < -0.39 is 12.0 Å². The smallest absolute Gasteiger partial charge is 0.326 e. The molecule has 0 heterocycles. The Kier molecular flexibility index (Phi) is 3.95. The van der Waals surface area contributed by atoms with E-state index in [-0.39, 0.29) is 11.8 Å². The maximum absolute atomic E-state index is 12.2. The summed E-state index contributed by atoms with van der Waals surface area (Å²) in [5.74, 6) is 0.134.